The van der Waals surface area contributed by atoms with Gasteiger partial charge in [-0.3, -0.25) is 4.79 Å². The van der Waals surface area contributed by atoms with Crippen molar-refractivity contribution in [2.24, 2.45) is 0 Å². The number of alkyl halides is 4. The Bertz CT molecular complexity index is 600. The molecular formula is C16H18ClF3N2O3. The van der Waals surface area contributed by atoms with Crippen LogP contribution >= 0.6 is 11.6 Å². The second-order valence-corrected chi connectivity index (χ2v) is 5.99. The number of hydrogen-bond acceptors (Lipinski definition) is 3. The zero-order chi connectivity index (χ0) is 18.4. The van der Waals surface area contributed by atoms with Crippen molar-refractivity contribution in [1.29, 1.82) is 0 Å². The maximum absolute atomic E-state index is 12.6. The fourth-order valence-corrected chi connectivity index (χ4v) is 2.63. The van der Waals surface area contributed by atoms with E-state index in [0.717, 1.165) is 12.1 Å². The summed E-state index contributed by atoms with van der Waals surface area (Å²) >= 11 is 5.42. The van der Waals surface area contributed by atoms with Gasteiger partial charge in [0.25, 0.3) is 5.91 Å². The number of piperidine rings is 1. The molecule has 0 radical (unpaired) electrons. The molecule has 2 rings (SSSR count). The van der Waals surface area contributed by atoms with Crippen LogP contribution < -0.4 is 5.32 Å². The number of ether oxygens (including phenoxy) is 1. The molecule has 0 aromatic heterocycles. The molecule has 25 heavy (non-hydrogen) atoms. The largest absolute Gasteiger partial charge is 0.448 e. The van der Waals surface area contributed by atoms with E-state index in [1.807, 2.05) is 0 Å². The number of carbonyl (C=O) groups excluding carboxylic acids is 2. The SMILES string of the molecule is O=C(NC1CCN(C(=O)c2ccc(C(F)(F)F)cc2)CC1)OCCCl. The first-order chi connectivity index (χ1) is 11.8. The number of carbonyl (C=O) groups is 2. The van der Waals surface area contributed by atoms with Crippen molar-refractivity contribution in [3.8, 4) is 0 Å². The first kappa shape index (κ1) is 19.4. The zero-order valence-corrected chi connectivity index (χ0v) is 14.1. The number of nitrogens with one attached hydrogen (secondary N) is 1. The number of hydrogen-bond donors (Lipinski definition) is 1. The highest BCUT2D eigenvalue weighted by Crippen LogP contribution is 2.29. The van der Waals surface area contributed by atoms with Gasteiger partial charge in [-0.1, -0.05) is 0 Å². The molecule has 1 N–H and O–H groups in total. The molecule has 1 heterocycles. The van der Waals surface area contributed by atoms with Crippen LogP contribution in [0, 0.1) is 0 Å². The minimum absolute atomic E-state index is 0.112. The quantitative estimate of drug-likeness (QED) is 0.818. The van der Waals surface area contributed by atoms with Gasteiger partial charge in [-0.15, -0.1) is 11.6 Å². The fourth-order valence-electron chi connectivity index (χ4n) is 2.55. The summed E-state index contributed by atoms with van der Waals surface area (Å²) in [6, 6.07) is 4.04. The molecule has 1 saturated heterocycles. The Balaban J connectivity index is 1.86. The van der Waals surface area contributed by atoms with Crippen molar-refractivity contribution in [3.63, 3.8) is 0 Å². The summed E-state index contributed by atoms with van der Waals surface area (Å²) in [5, 5.41) is 2.69. The molecule has 1 aromatic carbocycles. The standard InChI is InChI=1S/C16H18ClF3N2O3/c17-7-10-25-15(24)21-13-5-8-22(9-6-13)14(23)11-1-3-12(4-2-11)16(18,19)20/h1-4,13H,5-10H2,(H,21,24). The molecule has 0 saturated carbocycles. The van der Waals surface area contributed by atoms with Crippen molar-refractivity contribution < 1.29 is 27.5 Å². The highest BCUT2D eigenvalue weighted by Gasteiger charge is 2.31. The molecule has 1 aromatic rings. The molecule has 0 aliphatic carbocycles. The Labute approximate surface area is 148 Å². The number of benzene rings is 1. The Hall–Kier alpha value is -1.96. The molecule has 5 nitrogen and oxygen atoms in total. The van der Waals surface area contributed by atoms with Gasteiger partial charge in [0.2, 0.25) is 0 Å². The Morgan fingerprint density at radius 3 is 2.32 bits per heavy atom. The number of likely N-dealkylation sites (tertiary alicyclic amines) is 1. The van der Waals surface area contributed by atoms with Crippen LogP contribution in [0.1, 0.15) is 28.8 Å². The van der Waals surface area contributed by atoms with Gasteiger partial charge in [-0.05, 0) is 37.1 Å². The van der Waals surface area contributed by atoms with Crippen LogP contribution in [0.5, 0.6) is 0 Å². The molecule has 1 aliphatic rings. The van der Waals surface area contributed by atoms with Crippen LogP contribution in [0.25, 0.3) is 0 Å². The van der Waals surface area contributed by atoms with E-state index in [1.165, 1.54) is 12.1 Å². The van der Waals surface area contributed by atoms with E-state index >= 15 is 0 Å². The number of alkyl carbamates (subject to hydrolysis) is 1. The third kappa shape index (κ3) is 5.52. The third-order valence-electron chi connectivity index (χ3n) is 3.87. The van der Waals surface area contributed by atoms with Gasteiger partial charge in [0.1, 0.15) is 6.61 Å². The van der Waals surface area contributed by atoms with E-state index in [0.29, 0.717) is 25.9 Å². The van der Waals surface area contributed by atoms with Crippen LogP contribution in [-0.2, 0) is 10.9 Å². The summed E-state index contributed by atoms with van der Waals surface area (Å²) in [5.41, 5.74) is -0.580. The van der Waals surface area contributed by atoms with E-state index in [-0.39, 0.29) is 30.0 Å². The predicted octanol–water partition coefficient (Wildman–Crippen LogP) is 3.28. The first-order valence-corrected chi connectivity index (χ1v) is 8.30. The Kier molecular flexibility index (Phi) is 6.52. The highest BCUT2D eigenvalue weighted by atomic mass is 35.5. The molecule has 1 fully saturated rings. The number of halogens is 4. The van der Waals surface area contributed by atoms with Gasteiger partial charge >= 0.3 is 12.3 Å². The summed E-state index contributed by atoms with van der Waals surface area (Å²) in [6.07, 6.45) is -3.89. The molecule has 2 amide bonds. The van der Waals surface area contributed by atoms with Gasteiger partial charge in [0.05, 0.1) is 11.4 Å². The predicted molar refractivity (Wildman–Crippen MR) is 85.6 cm³/mol. The van der Waals surface area contributed by atoms with Crippen molar-refractivity contribution >= 4 is 23.6 Å². The second-order valence-electron chi connectivity index (χ2n) is 5.61. The molecule has 0 unspecified atom stereocenters. The minimum Gasteiger partial charge on any atom is -0.448 e. The average Bonchev–Trinajstić information content (AvgIpc) is 2.59. The summed E-state index contributed by atoms with van der Waals surface area (Å²) < 4.78 is 42.5. The van der Waals surface area contributed by atoms with Crippen LogP contribution in [0.4, 0.5) is 18.0 Å². The van der Waals surface area contributed by atoms with Gasteiger partial charge in [-0.2, -0.15) is 13.2 Å². The van der Waals surface area contributed by atoms with Crippen LogP contribution in [0.3, 0.4) is 0 Å². The van der Waals surface area contributed by atoms with Crippen LogP contribution in [0.2, 0.25) is 0 Å². The smallest absolute Gasteiger partial charge is 0.416 e. The van der Waals surface area contributed by atoms with E-state index in [9.17, 15) is 22.8 Å². The van der Waals surface area contributed by atoms with Gasteiger partial charge < -0.3 is 15.0 Å². The molecular weight excluding hydrogens is 361 g/mol. The average molecular weight is 379 g/mol. The van der Waals surface area contributed by atoms with Crippen molar-refractivity contribution in [2.45, 2.75) is 25.1 Å². The summed E-state index contributed by atoms with van der Waals surface area (Å²) in [7, 11) is 0. The molecule has 9 heteroatoms. The Morgan fingerprint density at radius 2 is 1.80 bits per heavy atom. The van der Waals surface area contributed by atoms with E-state index < -0.39 is 17.8 Å². The van der Waals surface area contributed by atoms with E-state index in [2.05, 4.69) is 5.32 Å². The third-order valence-corrected chi connectivity index (χ3v) is 4.03. The van der Waals surface area contributed by atoms with E-state index in [4.69, 9.17) is 16.3 Å². The summed E-state index contributed by atoms with van der Waals surface area (Å²) in [4.78, 5) is 25.4. The minimum atomic E-state index is -4.43. The monoisotopic (exact) mass is 378 g/mol. The molecule has 0 bridgehead atoms. The number of rotatable bonds is 4. The van der Waals surface area contributed by atoms with Crippen molar-refractivity contribution in [3.05, 3.63) is 35.4 Å². The lowest BCUT2D eigenvalue weighted by atomic mass is 10.0. The van der Waals surface area contributed by atoms with Gasteiger partial charge in [0, 0.05) is 24.7 Å². The second kappa shape index (κ2) is 8.42. The zero-order valence-electron chi connectivity index (χ0n) is 13.3. The van der Waals surface area contributed by atoms with Crippen LogP contribution in [-0.4, -0.2) is 48.5 Å². The van der Waals surface area contributed by atoms with Crippen molar-refractivity contribution in [2.75, 3.05) is 25.6 Å². The molecule has 1 aliphatic heterocycles. The van der Waals surface area contributed by atoms with Gasteiger partial charge in [-0.25, -0.2) is 4.79 Å². The lowest BCUT2D eigenvalue weighted by Gasteiger charge is -2.32. The summed E-state index contributed by atoms with van der Waals surface area (Å²) in [6.45, 7) is 0.930. The number of amides is 2. The topological polar surface area (TPSA) is 58.6 Å². The first-order valence-electron chi connectivity index (χ1n) is 7.77. The molecule has 138 valence electrons. The normalized spacial score (nSPS) is 15.8. The van der Waals surface area contributed by atoms with E-state index in [1.54, 1.807) is 4.90 Å². The Morgan fingerprint density at radius 1 is 1.20 bits per heavy atom. The fraction of sp³-hybridized carbons (Fsp3) is 0.500. The molecule has 0 atom stereocenters. The maximum atomic E-state index is 12.6. The molecule has 0 spiro atoms. The van der Waals surface area contributed by atoms with Gasteiger partial charge in [0.15, 0.2) is 0 Å². The number of nitrogens with zero attached hydrogens (tertiary/aromatic N) is 1. The summed E-state index contributed by atoms with van der Waals surface area (Å²) in [5.74, 6) is -0.107. The lowest BCUT2D eigenvalue weighted by molar-refractivity contribution is -0.137. The highest BCUT2D eigenvalue weighted by molar-refractivity contribution is 6.18. The van der Waals surface area contributed by atoms with Crippen LogP contribution in [0.15, 0.2) is 24.3 Å². The van der Waals surface area contributed by atoms with Crippen molar-refractivity contribution in [1.82, 2.24) is 10.2 Å². The maximum Gasteiger partial charge on any atom is 0.416 e. The lowest BCUT2D eigenvalue weighted by Crippen LogP contribution is -2.46.